The van der Waals surface area contributed by atoms with Crippen LogP contribution in [0.15, 0.2) is 30.3 Å². The van der Waals surface area contributed by atoms with Gasteiger partial charge >= 0.3 is 0 Å². The molecule has 1 aliphatic rings. The fourth-order valence-electron chi connectivity index (χ4n) is 2.99. The molecule has 0 bridgehead atoms. The topological polar surface area (TPSA) is 63.8 Å². The standard InChI is InChI=1S/C17H22N4/c1-12-6-8-13(9-7-12)10-16-19-15(11-17(20-16)21-18)14-4-2-3-5-14/h6-9,11,14H,2-5,10,18H2,1H3,(H,19,20,21). The Morgan fingerprint density at radius 2 is 1.86 bits per heavy atom. The molecule has 0 radical (unpaired) electrons. The van der Waals surface area contributed by atoms with E-state index in [9.17, 15) is 0 Å². The van der Waals surface area contributed by atoms with Crippen molar-refractivity contribution in [3.05, 3.63) is 53.0 Å². The van der Waals surface area contributed by atoms with E-state index in [1.807, 2.05) is 6.07 Å². The van der Waals surface area contributed by atoms with Gasteiger partial charge in [-0.2, -0.15) is 0 Å². The maximum Gasteiger partial charge on any atom is 0.143 e. The maximum absolute atomic E-state index is 5.56. The van der Waals surface area contributed by atoms with E-state index in [1.165, 1.54) is 36.8 Å². The predicted octanol–water partition coefficient (Wildman–Crippen LogP) is 3.32. The van der Waals surface area contributed by atoms with Crippen molar-refractivity contribution in [2.24, 2.45) is 5.84 Å². The van der Waals surface area contributed by atoms with Gasteiger partial charge in [0, 0.05) is 24.1 Å². The molecule has 0 saturated heterocycles. The number of benzene rings is 1. The molecule has 21 heavy (non-hydrogen) atoms. The number of hydrazine groups is 1. The third kappa shape index (κ3) is 3.39. The van der Waals surface area contributed by atoms with E-state index in [0.29, 0.717) is 11.7 Å². The first kappa shape index (κ1) is 14.0. The number of aryl methyl sites for hydroxylation is 1. The van der Waals surface area contributed by atoms with Gasteiger partial charge in [-0.15, -0.1) is 0 Å². The highest BCUT2D eigenvalue weighted by atomic mass is 15.3. The molecule has 1 aliphatic carbocycles. The summed E-state index contributed by atoms with van der Waals surface area (Å²) in [5.41, 5.74) is 6.31. The zero-order valence-corrected chi connectivity index (χ0v) is 12.5. The molecule has 2 aromatic rings. The normalized spacial score (nSPS) is 15.3. The highest BCUT2D eigenvalue weighted by Gasteiger charge is 2.20. The lowest BCUT2D eigenvalue weighted by Gasteiger charge is -2.12. The Hall–Kier alpha value is -1.94. The lowest BCUT2D eigenvalue weighted by Crippen LogP contribution is -2.13. The Morgan fingerprint density at radius 3 is 2.52 bits per heavy atom. The van der Waals surface area contributed by atoms with Crippen LogP contribution >= 0.6 is 0 Å². The Morgan fingerprint density at radius 1 is 1.14 bits per heavy atom. The molecule has 0 amide bonds. The molecule has 0 atom stereocenters. The van der Waals surface area contributed by atoms with Crippen LogP contribution in [0.4, 0.5) is 5.82 Å². The van der Waals surface area contributed by atoms with Crippen LogP contribution in [0, 0.1) is 6.92 Å². The van der Waals surface area contributed by atoms with Gasteiger partial charge in [0.15, 0.2) is 0 Å². The molecule has 1 aromatic carbocycles. The second kappa shape index (κ2) is 6.22. The van der Waals surface area contributed by atoms with Crippen LogP contribution in [-0.4, -0.2) is 9.97 Å². The van der Waals surface area contributed by atoms with E-state index < -0.39 is 0 Å². The van der Waals surface area contributed by atoms with Gasteiger partial charge in [-0.1, -0.05) is 42.7 Å². The first-order valence-corrected chi connectivity index (χ1v) is 7.64. The van der Waals surface area contributed by atoms with Gasteiger partial charge in [-0.05, 0) is 25.3 Å². The van der Waals surface area contributed by atoms with Crippen molar-refractivity contribution in [1.82, 2.24) is 9.97 Å². The van der Waals surface area contributed by atoms with Crippen LogP contribution in [0.3, 0.4) is 0 Å². The number of rotatable bonds is 4. The van der Waals surface area contributed by atoms with Crippen LogP contribution in [0.2, 0.25) is 0 Å². The van der Waals surface area contributed by atoms with Crippen LogP contribution in [-0.2, 0) is 6.42 Å². The highest BCUT2D eigenvalue weighted by molar-refractivity contribution is 5.37. The number of nitrogens with two attached hydrogens (primary N) is 1. The summed E-state index contributed by atoms with van der Waals surface area (Å²) in [5.74, 6) is 7.69. The van der Waals surface area contributed by atoms with E-state index in [4.69, 9.17) is 10.8 Å². The zero-order valence-electron chi connectivity index (χ0n) is 12.5. The molecule has 0 aliphatic heterocycles. The quantitative estimate of drug-likeness (QED) is 0.667. The summed E-state index contributed by atoms with van der Waals surface area (Å²) in [6.45, 7) is 2.09. The van der Waals surface area contributed by atoms with Gasteiger partial charge in [0.2, 0.25) is 0 Å². The molecular formula is C17H22N4. The van der Waals surface area contributed by atoms with Crippen LogP contribution in [0.5, 0.6) is 0 Å². The Balaban J connectivity index is 1.86. The lowest BCUT2D eigenvalue weighted by atomic mass is 10.0. The van der Waals surface area contributed by atoms with Crippen LogP contribution < -0.4 is 11.3 Å². The molecule has 1 fully saturated rings. The van der Waals surface area contributed by atoms with Crippen molar-refractivity contribution in [2.75, 3.05) is 5.43 Å². The number of aromatic nitrogens is 2. The summed E-state index contributed by atoms with van der Waals surface area (Å²) >= 11 is 0. The maximum atomic E-state index is 5.56. The molecule has 4 heteroatoms. The molecule has 3 N–H and O–H groups in total. The van der Waals surface area contributed by atoms with E-state index in [0.717, 1.165) is 17.9 Å². The number of hydrogen-bond acceptors (Lipinski definition) is 4. The molecule has 1 heterocycles. The van der Waals surface area contributed by atoms with Crippen molar-refractivity contribution in [1.29, 1.82) is 0 Å². The monoisotopic (exact) mass is 282 g/mol. The largest absolute Gasteiger partial charge is 0.308 e. The third-order valence-corrected chi connectivity index (χ3v) is 4.20. The van der Waals surface area contributed by atoms with Crippen molar-refractivity contribution in [2.45, 2.75) is 44.9 Å². The molecule has 0 unspecified atom stereocenters. The van der Waals surface area contributed by atoms with Gasteiger partial charge in [0.05, 0.1) is 0 Å². The second-order valence-corrected chi connectivity index (χ2v) is 5.88. The minimum atomic E-state index is 0.567. The molecule has 1 saturated carbocycles. The van der Waals surface area contributed by atoms with Gasteiger partial charge in [0.25, 0.3) is 0 Å². The Kier molecular flexibility index (Phi) is 4.15. The second-order valence-electron chi connectivity index (χ2n) is 5.88. The van der Waals surface area contributed by atoms with Gasteiger partial charge in [-0.3, -0.25) is 0 Å². The summed E-state index contributed by atoms with van der Waals surface area (Å²) < 4.78 is 0. The lowest BCUT2D eigenvalue weighted by molar-refractivity contribution is 0.686. The number of anilines is 1. The molecular weight excluding hydrogens is 260 g/mol. The molecule has 0 spiro atoms. The predicted molar refractivity (Wildman–Crippen MR) is 85.0 cm³/mol. The van der Waals surface area contributed by atoms with Crippen molar-refractivity contribution in [3.8, 4) is 0 Å². The first-order chi connectivity index (χ1) is 10.2. The molecule has 4 nitrogen and oxygen atoms in total. The van der Waals surface area contributed by atoms with Gasteiger partial charge in [-0.25, -0.2) is 15.8 Å². The minimum Gasteiger partial charge on any atom is -0.308 e. The van der Waals surface area contributed by atoms with Crippen molar-refractivity contribution < 1.29 is 0 Å². The fraction of sp³-hybridized carbons (Fsp3) is 0.412. The molecule has 110 valence electrons. The summed E-state index contributed by atoms with van der Waals surface area (Å²) in [5, 5.41) is 0. The van der Waals surface area contributed by atoms with Crippen LogP contribution in [0.1, 0.15) is 54.2 Å². The highest BCUT2D eigenvalue weighted by Crippen LogP contribution is 2.33. The smallest absolute Gasteiger partial charge is 0.143 e. The number of nitrogens with zero attached hydrogens (tertiary/aromatic N) is 2. The minimum absolute atomic E-state index is 0.567. The number of nitrogen functional groups attached to an aromatic ring is 1. The summed E-state index contributed by atoms with van der Waals surface area (Å²) in [7, 11) is 0. The van der Waals surface area contributed by atoms with E-state index in [-0.39, 0.29) is 0 Å². The zero-order chi connectivity index (χ0) is 14.7. The summed E-state index contributed by atoms with van der Waals surface area (Å²) in [6, 6.07) is 10.5. The average molecular weight is 282 g/mol. The van der Waals surface area contributed by atoms with E-state index in [1.54, 1.807) is 0 Å². The van der Waals surface area contributed by atoms with Gasteiger partial charge < -0.3 is 5.43 Å². The Bertz CT molecular complexity index is 601. The first-order valence-electron chi connectivity index (χ1n) is 7.64. The SMILES string of the molecule is Cc1ccc(Cc2nc(NN)cc(C3CCCC3)n2)cc1. The molecule has 3 rings (SSSR count). The fourth-order valence-corrected chi connectivity index (χ4v) is 2.99. The van der Waals surface area contributed by atoms with Gasteiger partial charge in [0.1, 0.15) is 11.6 Å². The summed E-state index contributed by atoms with van der Waals surface area (Å²) in [6.07, 6.45) is 5.80. The molecule has 1 aromatic heterocycles. The third-order valence-electron chi connectivity index (χ3n) is 4.20. The summed E-state index contributed by atoms with van der Waals surface area (Å²) in [4.78, 5) is 9.27. The number of hydrogen-bond donors (Lipinski definition) is 2. The van der Waals surface area contributed by atoms with Crippen molar-refractivity contribution >= 4 is 5.82 Å². The average Bonchev–Trinajstić information content (AvgIpc) is 3.04. The van der Waals surface area contributed by atoms with E-state index >= 15 is 0 Å². The van der Waals surface area contributed by atoms with Crippen molar-refractivity contribution in [3.63, 3.8) is 0 Å². The van der Waals surface area contributed by atoms with E-state index in [2.05, 4.69) is 41.6 Å². The van der Waals surface area contributed by atoms with Crippen LogP contribution in [0.25, 0.3) is 0 Å². The Labute approximate surface area is 125 Å². The number of nitrogens with one attached hydrogen (secondary N) is 1.